The number of sulfone groups is 1. The molecule has 0 radical (unpaired) electrons. The number of benzene rings is 2. The molecule has 21 heavy (non-hydrogen) atoms. The molecule has 0 aliphatic rings. The highest BCUT2D eigenvalue weighted by Gasteiger charge is 2.15. The van der Waals surface area contributed by atoms with Gasteiger partial charge in [-0.2, -0.15) is 0 Å². The first kappa shape index (κ1) is 14.1. The molecular weight excluding hydrogens is 310 g/mol. The molecule has 1 aromatic heterocycles. The van der Waals surface area contributed by atoms with Crippen molar-refractivity contribution in [3.63, 3.8) is 0 Å². The Labute approximate surface area is 127 Å². The monoisotopic (exact) mass is 321 g/mol. The molecule has 0 unspecified atom stereocenters. The van der Waals surface area contributed by atoms with Crippen molar-refractivity contribution in [1.29, 1.82) is 0 Å². The van der Waals surface area contributed by atoms with Gasteiger partial charge in [0, 0.05) is 10.6 Å². The molecule has 0 saturated carbocycles. The predicted molar refractivity (Wildman–Crippen MR) is 82.2 cm³/mol. The zero-order valence-corrected chi connectivity index (χ0v) is 12.8. The normalized spacial score (nSPS) is 11.9. The van der Waals surface area contributed by atoms with Gasteiger partial charge in [0.2, 0.25) is 5.89 Å². The molecule has 0 atom stereocenters. The largest absolute Gasteiger partial charge is 0.436 e. The zero-order valence-electron chi connectivity index (χ0n) is 11.2. The Morgan fingerprint density at radius 2 is 1.86 bits per heavy atom. The Kier molecular flexibility index (Phi) is 3.47. The van der Waals surface area contributed by atoms with E-state index in [1.165, 1.54) is 12.1 Å². The quantitative estimate of drug-likeness (QED) is 0.733. The van der Waals surface area contributed by atoms with E-state index in [1.807, 2.05) is 0 Å². The number of hydrogen-bond donors (Lipinski definition) is 0. The minimum atomic E-state index is -3.25. The lowest BCUT2D eigenvalue weighted by Gasteiger charge is -1.99. The van der Waals surface area contributed by atoms with Gasteiger partial charge in [0.1, 0.15) is 5.52 Å². The topological polar surface area (TPSA) is 60.2 Å². The molecule has 2 aromatic carbocycles. The number of oxazole rings is 1. The Morgan fingerprint density at radius 3 is 2.52 bits per heavy atom. The first-order valence-corrected chi connectivity index (χ1v) is 8.42. The molecule has 1 heterocycles. The van der Waals surface area contributed by atoms with Gasteiger partial charge in [0.25, 0.3) is 0 Å². The van der Waals surface area contributed by atoms with Gasteiger partial charge >= 0.3 is 0 Å². The van der Waals surface area contributed by atoms with Gasteiger partial charge in [-0.15, -0.1) is 0 Å². The van der Waals surface area contributed by atoms with Crippen LogP contribution in [0.3, 0.4) is 0 Å². The average molecular weight is 322 g/mol. The van der Waals surface area contributed by atoms with Gasteiger partial charge < -0.3 is 4.42 Å². The number of nitrogens with zero attached hydrogens (tertiary/aromatic N) is 1. The highest BCUT2D eigenvalue weighted by Crippen LogP contribution is 2.27. The summed E-state index contributed by atoms with van der Waals surface area (Å²) in [4.78, 5) is 4.60. The lowest BCUT2D eigenvalue weighted by atomic mass is 10.2. The van der Waals surface area contributed by atoms with E-state index in [1.54, 1.807) is 37.3 Å². The smallest absolute Gasteiger partial charge is 0.227 e. The van der Waals surface area contributed by atoms with Crippen molar-refractivity contribution in [1.82, 2.24) is 4.98 Å². The fraction of sp³-hybridized carbons (Fsp3) is 0.133. The van der Waals surface area contributed by atoms with Crippen LogP contribution in [0.4, 0.5) is 0 Å². The van der Waals surface area contributed by atoms with E-state index in [4.69, 9.17) is 16.0 Å². The summed E-state index contributed by atoms with van der Waals surface area (Å²) in [5, 5.41) is 0.631. The van der Waals surface area contributed by atoms with Crippen LogP contribution in [0.2, 0.25) is 5.02 Å². The molecule has 0 aliphatic carbocycles. The van der Waals surface area contributed by atoms with Crippen molar-refractivity contribution in [3.05, 3.63) is 47.5 Å². The maximum absolute atomic E-state index is 11.9. The molecule has 108 valence electrons. The molecule has 3 aromatic rings. The number of fused-ring (bicyclic) bond motifs is 1. The van der Waals surface area contributed by atoms with E-state index in [2.05, 4.69) is 4.98 Å². The van der Waals surface area contributed by atoms with Crippen LogP contribution in [0.1, 0.15) is 6.92 Å². The standard InChI is InChI=1S/C15H12ClNO3S/c1-2-21(18,19)12-7-8-14-13(9-12)17-15(20-14)10-3-5-11(16)6-4-10/h3-9H,2H2,1H3. The first-order chi connectivity index (χ1) is 9.99. The van der Waals surface area contributed by atoms with E-state index in [0.29, 0.717) is 22.0 Å². The van der Waals surface area contributed by atoms with E-state index in [-0.39, 0.29) is 10.6 Å². The second-order valence-corrected chi connectivity index (χ2v) is 7.27. The highest BCUT2D eigenvalue weighted by molar-refractivity contribution is 7.91. The Hall–Kier alpha value is -1.85. The number of rotatable bonds is 3. The van der Waals surface area contributed by atoms with Gasteiger partial charge in [0.05, 0.1) is 10.6 Å². The number of aromatic nitrogens is 1. The summed E-state index contributed by atoms with van der Waals surface area (Å²) in [6, 6.07) is 11.8. The molecule has 0 N–H and O–H groups in total. The summed E-state index contributed by atoms with van der Waals surface area (Å²) in [5.74, 6) is 0.494. The molecule has 0 amide bonds. The first-order valence-electron chi connectivity index (χ1n) is 6.39. The van der Waals surface area contributed by atoms with Gasteiger partial charge in [-0.3, -0.25) is 0 Å². The average Bonchev–Trinajstić information content (AvgIpc) is 2.90. The minimum Gasteiger partial charge on any atom is -0.436 e. The summed E-state index contributed by atoms with van der Waals surface area (Å²) >= 11 is 5.85. The molecule has 3 rings (SSSR count). The van der Waals surface area contributed by atoms with Crippen LogP contribution in [0.25, 0.3) is 22.6 Å². The van der Waals surface area contributed by atoms with Crippen LogP contribution in [0, 0.1) is 0 Å². The number of halogens is 1. The van der Waals surface area contributed by atoms with Crippen molar-refractivity contribution in [2.45, 2.75) is 11.8 Å². The predicted octanol–water partition coefficient (Wildman–Crippen LogP) is 3.94. The second kappa shape index (κ2) is 5.16. The maximum Gasteiger partial charge on any atom is 0.227 e. The molecular formula is C15H12ClNO3S. The molecule has 0 saturated heterocycles. The van der Waals surface area contributed by atoms with Gasteiger partial charge in [0.15, 0.2) is 15.4 Å². The summed E-state index contributed by atoms with van der Waals surface area (Å²) < 4.78 is 29.4. The Bertz CT molecular complexity index is 898. The fourth-order valence-corrected chi connectivity index (χ4v) is 3.01. The summed E-state index contributed by atoms with van der Waals surface area (Å²) in [6.45, 7) is 1.61. The molecule has 0 aliphatic heterocycles. The van der Waals surface area contributed by atoms with Crippen molar-refractivity contribution in [2.75, 3.05) is 5.75 Å². The second-order valence-electron chi connectivity index (χ2n) is 4.56. The van der Waals surface area contributed by atoms with Gasteiger partial charge in [-0.25, -0.2) is 13.4 Å². The van der Waals surface area contributed by atoms with Crippen LogP contribution in [-0.4, -0.2) is 19.2 Å². The maximum atomic E-state index is 11.9. The van der Waals surface area contributed by atoms with E-state index in [9.17, 15) is 8.42 Å². The summed E-state index contributed by atoms with van der Waals surface area (Å²) in [7, 11) is -3.25. The van der Waals surface area contributed by atoms with Crippen LogP contribution >= 0.6 is 11.6 Å². The van der Waals surface area contributed by atoms with E-state index in [0.717, 1.165) is 5.56 Å². The third-order valence-corrected chi connectivity index (χ3v) is 5.17. The minimum absolute atomic E-state index is 0.0560. The molecule has 4 nitrogen and oxygen atoms in total. The molecule has 6 heteroatoms. The van der Waals surface area contributed by atoms with E-state index < -0.39 is 9.84 Å². The van der Waals surface area contributed by atoms with E-state index >= 15 is 0 Å². The van der Waals surface area contributed by atoms with Crippen molar-refractivity contribution >= 4 is 32.5 Å². The van der Waals surface area contributed by atoms with Crippen LogP contribution in [0.5, 0.6) is 0 Å². The third-order valence-electron chi connectivity index (χ3n) is 3.19. The van der Waals surface area contributed by atoms with Crippen LogP contribution in [0.15, 0.2) is 51.8 Å². The van der Waals surface area contributed by atoms with Crippen molar-refractivity contribution < 1.29 is 12.8 Å². The van der Waals surface area contributed by atoms with Gasteiger partial charge in [-0.05, 0) is 42.5 Å². The third kappa shape index (κ3) is 2.66. The molecule has 0 spiro atoms. The van der Waals surface area contributed by atoms with Gasteiger partial charge in [-0.1, -0.05) is 18.5 Å². The highest BCUT2D eigenvalue weighted by atomic mass is 35.5. The van der Waals surface area contributed by atoms with Crippen molar-refractivity contribution in [2.24, 2.45) is 0 Å². The van der Waals surface area contributed by atoms with Crippen LogP contribution < -0.4 is 0 Å². The SMILES string of the molecule is CCS(=O)(=O)c1ccc2oc(-c3ccc(Cl)cc3)nc2c1. The summed E-state index contributed by atoms with van der Waals surface area (Å²) in [6.07, 6.45) is 0. The number of hydrogen-bond acceptors (Lipinski definition) is 4. The summed E-state index contributed by atoms with van der Waals surface area (Å²) in [5.41, 5.74) is 1.86. The molecule has 0 fully saturated rings. The zero-order chi connectivity index (χ0) is 15.0. The lowest BCUT2D eigenvalue weighted by molar-refractivity contribution is 0.597. The van der Waals surface area contributed by atoms with Crippen LogP contribution in [-0.2, 0) is 9.84 Å². The lowest BCUT2D eigenvalue weighted by Crippen LogP contribution is -2.03. The molecule has 0 bridgehead atoms. The Morgan fingerprint density at radius 1 is 1.14 bits per heavy atom. The Balaban J connectivity index is 2.10. The van der Waals surface area contributed by atoms with Crippen molar-refractivity contribution in [3.8, 4) is 11.5 Å². The fourth-order valence-electron chi connectivity index (χ4n) is 1.98.